The van der Waals surface area contributed by atoms with Crippen LogP contribution in [-0.2, 0) is 10.8 Å². The van der Waals surface area contributed by atoms with Crippen molar-refractivity contribution in [1.29, 1.82) is 0 Å². The van der Waals surface area contributed by atoms with Crippen molar-refractivity contribution in [2.75, 3.05) is 16.5 Å². The minimum Gasteiger partial charge on any atom is -0.457 e. The zero-order valence-corrected chi connectivity index (χ0v) is 38.7. The normalized spacial score (nSPS) is 13.9. The number of fused-ring (bicyclic) bond motifs is 3. The Morgan fingerprint density at radius 1 is 0.557 bits per heavy atom. The van der Waals surface area contributed by atoms with Gasteiger partial charge in [-0.15, -0.1) is 0 Å². The van der Waals surface area contributed by atoms with Crippen molar-refractivity contribution in [3.05, 3.63) is 156 Å². The highest BCUT2D eigenvalue weighted by Gasteiger charge is 2.32. The van der Waals surface area contributed by atoms with Crippen LogP contribution in [0.4, 0.5) is 11.4 Å². The number of aromatic nitrogens is 2. The summed E-state index contributed by atoms with van der Waals surface area (Å²) in [6.07, 6.45) is 4.30. The average Bonchev–Trinajstić information content (AvgIpc) is 3.81. The smallest absolute Gasteiger partial charge is 0.138 e. The molecule has 0 bridgehead atoms. The average molecular weight is 809 g/mol. The predicted molar refractivity (Wildman–Crippen MR) is 260 cm³/mol. The molecule has 1 aliphatic heterocycles. The molecule has 1 aliphatic rings. The van der Waals surface area contributed by atoms with Gasteiger partial charge in [0.2, 0.25) is 0 Å². The molecule has 0 fully saturated rings. The SMILES string of the molecule is CC(C)c1cccc(C(C)C)c1-c1ccnc(-n2c3ccccc3c3ccc(Oc4cc(N5C=C(C(C)(C)C)N(c6ccc(C(C)(C)C)cc6)C5)cc(C(C)(C)C)c4)cc32)c1. The highest BCUT2D eigenvalue weighted by Crippen LogP contribution is 2.43. The molecule has 5 aromatic carbocycles. The molecule has 5 heteroatoms. The van der Waals surface area contributed by atoms with E-state index in [9.17, 15) is 0 Å². The molecule has 0 spiro atoms. The van der Waals surface area contributed by atoms with E-state index in [4.69, 9.17) is 9.72 Å². The van der Waals surface area contributed by atoms with E-state index in [2.05, 4.69) is 226 Å². The number of rotatable bonds is 8. The fourth-order valence-electron chi connectivity index (χ4n) is 8.82. The van der Waals surface area contributed by atoms with Crippen LogP contribution in [0, 0.1) is 5.41 Å². The molecular formula is C56H64N4O. The number of pyridine rings is 1. The Balaban J connectivity index is 1.20. The van der Waals surface area contributed by atoms with Gasteiger partial charge in [0.25, 0.3) is 0 Å². The first-order valence-corrected chi connectivity index (χ1v) is 22.1. The third kappa shape index (κ3) is 8.20. The van der Waals surface area contributed by atoms with Crippen LogP contribution in [0.2, 0.25) is 0 Å². The third-order valence-corrected chi connectivity index (χ3v) is 12.3. The number of hydrogen-bond acceptors (Lipinski definition) is 4. The topological polar surface area (TPSA) is 33.5 Å². The number of ether oxygens (including phenoxy) is 1. The molecule has 0 unspecified atom stereocenters. The van der Waals surface area contributed by atoms with Crippen molar-refractivity contribution in [2.45, 2.75) is 113 Å². The molecule has 3 heterocycles. The molecule has 2 aromatic heterocycles. The van der Waals surface area contributed by atoms with Crippen molar-refractivity contribution >= 4 is 33.2 Å². The first kappa shape index (κ1) is 41.9. The summed E-state index contributed by atoms with van der Waals surface area (Å²) in [5.74, 6) is 3.27. The second kappa shape index (κ2) is 15.6. The van der Waals surface area contributed by atoms with E-state index in [1.807, 2.05) is 6.20 Å². The number of nitrogens with zero attached hydrogens (tertiary/aromatic N) is 4. The number of para-hydroxylation sites is 1. The zero-order valence-electron chi connectivity index (χ0n) is 38.7. The van der Waals surface area contributed by atoms with Crippen LogP contribution >= 0.6 is 0 Å². The summed E-state index contributed by atoms with van der Waals surface area (Å²) in [6.45, 7) is 30.4. The molecule has 0 saturated heterocycles. The Hall–Kier alpha value is -5.81. The summed E-state index contributed by atoms with van der Waals surface area (Å²) in [4.78, 5) is 9.87. The van der Waals surface area contributed by atoms with Gasteiger partial charge in [-0.05, 0) is 111 Å². The summed E-state index contributed by atoms with van der Waals surface area (Å²) in [6, 6.07) is 42.2. The van der Waals surface area contributed by atoms with E-state index in [-0.39, 0.29) is 16.2 Å². The van der Waals surface area contributed by atoms with E-state index in [0.717, 1.165) is 39.4 Å². The van der Waals surface area contributed by atoms with Crippen LogP contribution in [0.25, 0.3) is 38.8 Å². The van der Waals surface area contributed by atoms with Gasteiger partial charge in [0.05, 0.1) is 17.7 Å². The van der Waals surface area contributed by atoms with Gasteiger partial charge in [0, 0.05) is 57.8 Å². The van der Waals surface area contributed by atoms with Gasteiger partial charge in [-0.2, -0.15) is 0 Å². The largest absolute Gasteiger partial charge is 0.457 e. The molecule has 61 heavy (non-hydrogen) atoms. The van der Waals surface area contributed by atoms with Gasteiger partial charge in [-0.1, -0.05) is 139 Å². The van der Waals surface area contributed by atoms with Gasteiger partial charge in [-0.3, -0.25) is 4.57 Å². The van der Waals surface area contributed by atoms with Crippen LogP contribution in [0.5, 0.6) is 11.5 Å². The Bertz CT molecular complexity index is 2740. The van der Waals surface area contributed by atoms with Crippen molar-refractivity contribution in [1.82, 2.24) is 9.55 Å². The number of benzene rings is 5. The zero-order chi connectivity index (χ0) is 43.6. The molecular weight excluding hydrogens is 745 g/mol. The maximum absolute atomic E-state index is 6.94. The molecule has 5 nitrogen and oxygen atoms in total. The van der Waals surface area contributed by atoms with E-state index in [0.29, 0.717) is 18.5 Å². The Morgan fingerprint density at radius 3 is 1.85 bits per heavy atom. The summed E-state index contributed by atoms with van der Waals surface area (Å²) >= 11 is 0. The van der Waals surface area contributed by atoms with E-state index in [1.165, 1.54) is 50.2 Å². The third-order valence-electron chi connectivity index (χ3n) is 12.3. The van der Waals surface area contributed by atoms with Gasteiger partial charge < -0.3 is 14.5 Å². The van der Waals surface area contributed by atoms with Gasteiger partial charge in [-0.25, -0.2) is 4.98 Å². The molecule has 0 radical (unpaired) electrons. The standard InChI is InChI=1S/C56H64N4O/c1-36(2)45-18-16-19-46(37(3)4)53(45)38-27-28-57-52(29-38)60-49-20-15-14-17-47(49)48-26-25-43(33-50(48)60)61-44-31-40(55(8,9)10)30-42(32-44)58-34-51(56(11,12)13)59(35-58)41-23-21-39(22-24-41)54(5,6)7/h14-34,36-37H,35H2,1-13H3. The molecule has 0 saturated carbocycles. The second-order valence-electron chi connectivity index (χ2n) is 20.7. The lowest BCUT2D eigenvalue weighted by atomic mass is 9.85. The maximum Gasteiger partial charge on any atom is 0.138 e. The summed E-state index contributed by atoms with van der Waals surface area (Å²) in [5, 5.41) is 2.35. The lowest BCUT2D eigenvalue weighted by Crippen LogP contribution is -2.30. The molecule has 0 atom stereocenters. The van der Waals surface area contributed by atoms with Crippen molar-refractivity contribution in [3.63, 3.8) is 0 Å². The quantitative estimate of drug-likeness (QED) is 0.153. The van der Waals surface area contributed by atoms with Crippen LogP contribution in [-0.4, -0.2) is 16.2 Å². The Kier molecular flexibility index (Phi) is 10.7. The van der Waals surface area contributed by atoms with Crippen molar-refractivity contribution < 1.29 is 4.74 Å². The first-order chi connectivity index (χ1) is 28.8. The van der Waals surface area contributed by atoms with Crippen molar-refractivity contribution in [2.24, 2.45) is 5.41 Å². The molecule has 8 rings (SSSR count). The van der Waals surface area contributed by atoms with Crippen LogP contribution in [0.15, 0.2) is 133 Å². The minimum absolute atomic E-state index is 0.0603. The summed E-state index contributed by atoms with van der Waals surface area (Å²) in [7, 11) is 0. The lowest BCUT2D eigenvalue weighted by Gasteiger charge is -2.31. The van der Waals surface area contributed by atoms with E-state index >= 15 is 0 Å². The fraction of sp³-hybridized carbons (Fsp3) is 0.339. The number of hydrogen-bond donors (Lipinski definition) is 0. The minimum atomic E-state index is -0.0937. The number of anilines is 2. The first-order valence-electron chi connectivity index (χ1n) is 22.1. The summed E-state index contributed by atoms with van der Waals surface area (Å²) in [5.41, 5.74) is 13.5. The molecule has 7 aromatic rings. The Morgan fingerprint density at radius 2 is 1.21 bits per heavy atom. The van der Waals surface area contributed by atoms with Crippen molar-refractivity contribution in [3.8, 4) is 28.4 Å². The monoisotopic (exact) mass is 809 g/mol. The molecule has 0 amide bonds. The van der Waals surface area contributed by atoms with Crippen LogP contribution in [0.3, 0.4) is 0 Å². The summed E-state index contributed by atoms with van der Waals surface area (Å²) < 4.78 is 9.24. The van der Waals surface area contributed by atoms with Crippen LogP contribution < -0.4 is 14.5 Å². The van der Waals surface area contributed by atoms with Gasteiger partial charge in [0.15, 0.2) is 0 Å². The predicted octanol–water partition coefficient (Wildman–Crippen LogP) is 15.7. The highest BCUT2D eigenvalue weighted by atomic mass is 16.5. The molecule has 0 aliphatic carbocycles. The maximum atomic E-state index is 6.94. The Labute approximate surface area is 364 Å². The van der Waals surface area contributed by atoms with E-state index < -0.39 is 0 Å². The highest BCUT2D eigenvalue weighted by molar-refractivity contribution is 6.09. The van der Waals surface area contributed by atoms with E-state index in [1.54, 1.807) is 0 Å². The second-order valence-corrected chi connectivity index (χ2v) is 20.7. The van der Waals surface area contributed by atoms with Crippen LogP contribution in [0.1, 0.15) is 124 Å². The molecule has 314 valence electrons. The van der Waals surface area contributed by atoms with Gasteiger partial charge in [0.1, 0.15) is 17.3 Å². The lowest BCUT2D eigenvalue weighted by molar-refractivity contribution is 0.479. The fourth-order valence-corrected chi connectivity index (χ4v) is 8.82. The molecule has 0 N–H and O–H groups in total. The van der Waals surface area contributed by atoms with Gasteiger partial charge >= 0.3 is 0 Å². The number of allylic oxidation sites excluding steroid dienone is 1.